The molecule has 5 nitrogen and oxygen atoms in total. The van der Waals surface area contributed by atoms with Crippen molar-refractivity contribution in [2.24, 2.45) is 0 Å². The van der Waals surface area contributed by atoms with Crippen LogP contribution in [-0.2, 0) is 6.42 Å². The van der Waals surface area contributed by atoms with Crippen LogP contribution in [-0.4, -0.2) is 49.5 Å². The maximum atomic E-state index is 5.51. The molecule has 0 fully saturated rings. The molecule has 0 unspecified atom stereocenters. The molecule has 3 aromatic carbocycles. The molecule has 0 aliphatic heterocycles. The normalized spacial score (nSPS) is 11.7. The molecular weight excluding hydrogens is 1840 g/mol. The molecule has 0 amide bonds. The summed E-state index contributed by atoms with van der Waals surface area (Å²) in [6.07, 6.45) is 136. The molecule has 1 radical (unpaired) electrons. The van der Waals surface area contributed by atoms with E-state index in [-0.39, 0.29) is 0 Å². The molecule has 1 aromatic heterocycles. The second-order valence-corrected chi connectivity index (χ2v) is 50.8. The third-order valence-electron chi connectivity index (χ3n) is 30.2. The Labute approximate surface area is 912 Å². The number of rotatable bonds is 114. The van der Waals surface area contributed by atoms with Crippen LogP contribution in [0.1, 0.15) is 664 Å². The van der Waals surface area contributed by atoms with Gasteiger partial charge in [0.05, 0.1) is 0 Å². The van der Waals surface area contributed by atoms with E-state index < -0.39 is 0 Å². The van der Waals surface area contributed by atoms with Crippen LogP contribution in [0.5, 0.6) is 0 Å². The summed E-state index contributed by atoms with van der Waals surface area (Å²) in [6.45, 7) is 18.3. The lowest BCUT2D eigenvalue weighted by Gasteiger charge is -2.19. The van der Waals surface area contributed by atoms with Crippen molar-refractivity contribution in [1.29, 1.82) is 0 Å². The molecule has 142 heavy (non-hydrogen) atoms. The van der Waals surface area contributed by atoms with E-state index in [0.717, 1.165) is 46.4 Å². The Morgan fingerprint density at radius 1 is 0.183 bits per heavy atom. The highest BCUT2D eigenvalue weighted by atomic mass is 32.2. The number of unbranched alkanes of at least 4 members (excludes halogenated alkanes) is 90. The van der Waals surface area contributed by atoms with Crippen LogP contribution >= 0.6 is 70.6 Å². The minimum Gasteiger partial charge on any atom is -0.324 e. The number of aromatic nitrogens is 3. The minimum absolute atomic E-state index is 0.604. The molecule has 0 atom stereocenters. The molecule has 0 aliphatic rings. The van der Waals surface area contributed by atoms with E-state index in [2.05, 4.69) is 178 Å². The summed E-state index contributed by atoms with van der Waals surface area (Å²) < 4.78 is 0. The zero-order chi connectivity index (χ0) is 101. The SMILES string of the molecule is [CH2]Cc1ccc(-c2nc(Nc3cc(SCCCCCCCCCCCCCCCCCC)c(SCCCCCCCCCCCCCCCCCC)c(SCCCCCCCCCCCCCCCCCC)c3)nc(Nc3cc(SCCCCCCCCCCCCCCCCCC)c(SCCCCCCCCCCCCCCCCCC)c(SCCCCCCCCCCCCCCCCCC)c3)n2)cc1. The highest BCUT2D eigenvalue weighted by Gasteiger charge is 2.20. The summed E-state index contributed by atoms with van der Waals surface area (Å²) in [7, 11) is 0. The lowest BCUT2D eigenvalue weighted by molar-refractivity contribution is 0.531. The summed E-state index contributed by atoms with van der Waals surface area (Å²) in [5.41, 5.74) is 4.41. The number of hydrogen-bond acceptors (Lipinski definition) is 11. The molecule has 4 rings (SSSR count). The van der Waals surface area contributed by atoms with Crippen LogP contribution in [0.4, 0.5) is 23.3 Å². The van der Waals surface area contributed by atoms with Gasteiger partial charge in [-0.25, -0.2) is 0 Å². The van der Waals surface area contributed by atoms with Crippen LogP contribution < -0.4 is 10.6 Å². The molecule has 0 saturated carbocycles. The first-order valence-electron chi connectivity index (χ1n) is 63.8. The van der Waals surface area contributed by atoms with Crippen molar-refractivity contribution in [1.82, 2.24) is 15.0 Å². The van der Waals surface area contributed by atoms with Crippen molar-refractivity contribution in [3.8, 4) is 11.4 Å². The first kappa shape index (κ1) is 133. The monoisotopic (exact) mass is 2070 g/mol. The van der Waals surface area contributed by atoms with Gasteiger partial charge in [-0.3, -0.25) is 0 Å². The standard InChI is InChI=1S/C131H236N5S6/c1-8-15-21-27-33-39-45-51-57-63-69-75-81-87-93-99-109-137-123-115-121(116-124(138-110-100-94-88-82-76-70-64-58-52-46-40-34-28-22-16-9-2)127(123)141-113-103-97-91-85-79-73-67-61-55-49-43-37-31-25-19-12-5)132-130-134-129(120-107-105-119(14-7)106-108-120)135-131(136-130)133-122-117-125(139-111-101-95-89-83-77-71-65-59-53-47-41-35-29-23-17-10-3)128(142-114-104-98-92-86-80-74-68-62-56-50-44-38-32-26-20-13-6)126(118-122)140-112-102-96-90-84-78-72-66-60-54-48-42-36-30-24-18-11-4/h105-108,115-118H,7-104,109-114H2,1-6H3,(H2,132,133,134,135,136). The third-order valence-corrected chi connectivity index (χ3v) is 37.7. The molecule has 0 aliphatic carbocycles. The van der Waals surface area contributed by atoms with Crippen molar-refractivity contribution in [3.05, 3.63) is 61.0 Å². The van der Waals surface area contributed by atoms with Crippen molar-refractivity contribution >= 4 is 93.8 Å². The van der Waals surface area contributed by atoms with Crippen molar-refractivity contribution < 1.29 is 0 Å². The smallest absolute Gasteiger partial charge is 0.232 e. The van der Waals surface area contributed by atoms with Crippen molar-refractivity contribution in [2.75, 3.05) is 45.2 Å². The molecule has 2 N–H and O–H groups in total. The Balaban J connectivity index is 1.69. The first-order chi connectivity index (χ1) is 70.5. The highest BCUT2D eigenvalue weighted by Crippen LogP contribution is 2.46. The van der Waals surface area contributed by atoms with Gasteiger partial charge in [-0.15, -0.1) is 70.6 Å². The van der Waals surface area contributed by atoms with Gasteiger partial charge in [0.2, 0.25) is 11.9 Å². The molecule has 11 heteroatoms. The first-order valence-corrected chi connectivity index (χ1v) is 69.7. The predicted molar refractivity (Wildman–Crippen MR) is 655 cm³/mol. The van der Waals surface area contributed by atoms with Gasteiger partial charge in [-0.1, -0.05) is 644 Å². The Morgan fingerprint density at radius 2 is 0.331 bits per heavy atom. The van der Waals surface area contributed by atoms with E-state index in [9.17, 15) is 0 Å². The molecule has 0 bridgehead atoms. The Kier molecular flexibility index (Phi) is 98.1. The quantitative estimate of drug-likeness (QED) is 0.0328. The van der Waals surface area contributed by atoms with Gasteiger partial charge in [0, 0.05) is 46.3 Å². The molecule has 821 valence electrons. The molecule has 0 saturated heterocycles. The topological polar surface area (TPSA) is 62.7 Å². The van der Waals surface area contributed by atoms with Crippen LogP contribution in [0.25, 0.3) is 11.4 Å². The van der Waals surface area contributed by atoms with Gasteiger partial charge in [0.25, 0.3) is 0 Å². The van der Waals surface area contributed by atoms with Gasteiger partial charge in [0.15, 0.2) is 5.82 Å². The molecular formula is C131H236N5S6. The second-order valence-electron chi connectivity index (χ2n) is 44.0. The summed E-state index contributed by atoms with van der Waals surface area (Å²) in [5.74, 6) is 8.88. The van der Waals surface area contributed by atoms with Gasteiger partial charge < -0.3 is 10.6 Å². The van der Waals surface area contributed by atoms with Crippen LogP contribution in [0.3, 0.4) is 0 Å². The van der Waals surface area contributed by atoms with E-state index in [1.165, 1.54) is 663 Å². The summed E-state index contributed by atoms with van der Waals surface area (Å²) in [4.78, 5) is 25.2. The minimum atomic E-state index is 0.604. The van der Waals surface area contributed by atoms with Gasteiger partial charge in [0.1, 0.15) is 0 Å². The van der Waals surface area contributed by atoms with E-state index in [1.807, 2.05) is 0 Å². The van der Waals surface area contributed by atoms with E-state index in [0.29, 0.717) is 17.7 Å². The fraction of sp³-hybridized carbons (Fsp3) is 0.832. The molecule has 1 heterocycles. The average molecular weight is 2070 g/mol. The number of thioether (sulfide) groups is 6. The number of nitrogens with zero attached hydrogens (tertiary/aromatic N) is 3. The van der Waals surface area contributed by atoms with Gasteiger partial charge in [-0.05, 0) is 116 Å². The van der Waals surface area contributed by atoms with Crippen LogP contribution in [0.15, 0.2) is 77.9 Å². The van der Waals surface area contributed by atoms with Crippen LogP contribution in [0.2, 0.25) is 0 Å². The van der Waals surface area contributed by atoms with Gasteiger partial charge >= 0.3 is 0 Å². The lowest BCUT2D eigenvalue weighted by atomic mass is 10.0. The Hall–Kier alpha value is -1.63. The fourth-order valence-electron chi connectivity index (χ4n) is 20.7. The summed E-state index contributed by atoms with van der Waals surface area (Å²) in [5, 5.41) is 8.00. The number of benzene rings is 3. The zero-order valence-electron chi connectivity index (χ0n) is 95.4. The predicted octanol–water partition coefficient (Wildman–Crippen LogP) is 49.5. The third kappa shape index (κ3) is 80.3. The van der Waals surface area contributed by atoms with E-state index >= 15 is 0 Å². The van der Waals surface area contributed by atoms with Gasteiger partial charge in [-0.2, -0.15) is 15.0 Å². The second kappa shape index (κ2) is 105. The average Bonchev–Trinajstić information content (AvgIpc) is 0.800. The molecule has 0 spiro atoms. The maximum absolute atomic E-state index is 5.51. The zero-order valence-corrected chi connectivity index (χ0v) is 100. The summed E-state index contributed by atoms with van der Waals surface area (Å²) >= 11 is 12.9. The lowest BCUT2D eigenvalue weighted by Crippen LogP contribution is -2.06. The van der Waals surface area contributed by atoms with E-state index in [1.54, 1.807) is 0 Å². The number of nitrogens with one attached hydrogen (secondary N) is 2. The highest BCUT2D eigenvalue weighted by molar-refractivity contribution is 8.04. The summed E-state index contributed by atoms with van der Waals surface area (Å²) in [6, 6.07) is 18.9. The van der Waals surface area contributed by atoms with Crippen LogP contribution in [0, 0.1) is 6.92 Å². The van der Waals surface area contributed by atoms with Crippen molar-refractivity contribution in [3.63, 3.8) is 0 Å². The Bertz CT molecular complexity index is 2970. The molecule has 4 aromatic rings. The Morgan fingerprint density at radius 3 is 0.486 bits per heavy atom. The number of hydrogen-bond donors (Lipinski definition) is 2. The van der Waals surface area contributed by atoms with E-state index in [4.69, 9.17) is 15.0 Å². The van der Waals surface area contributed by atoms with Crippen molar-refractivity contribution in [2.45, 2.75) is 694 Å². The number of anilines is 4. The fourth-order valence-corrected chi connectivity index (χ4v) is 28.2. The largest absolute Gasteiger partial charge is 0.324 e. The maximum Gasteiger partial charge on any atom is 0.232 e.